The minimum Gasteiger partial charge on any atom is -0.221 e. The molecular weight excluding hydrogens is 247 g/mol. The SMILES string of the molecule is Cc1nc(Cl)cc(-n2nc(C)c(Cl)c2C)n1. The average Bonchev–Trinajstić information content (AvgIpc) is 2.44. The topological polar surface area (TPSA) is 43.6 Å². The smallest absolute Gasteiger partial charge is 0.158 e. The molecule has 2 aromatic heterocycles. The van der Waals surface area contributed by atoms with Crippen LogP contribution >= 0.6 is 23.2 Å². The predicted octanol–water partition coefficient (Wildman–Crippen LogP) is 2.89. The van der Waals surface area contributed by atoms with Gasteiger partial charge in [-0.05, 0) is 20.8 Å². The van der Waals surface area contributed by atoms with Crippen molar-refractivity contribution in [2.75, 3.05) is 0 Å². The van der Waals surface area contributed by atoms with E-state index < -0.39 is 0 Å². The van der Waals surface area contributed by atoms with Crippen LogP contribution in [0.25, 0.3) is 5.82 Å². The van der Waals surface area contributed by atoms with Crippen molar-refractivity contribution < 1.29 is 0 Å². The zero-order valence-corrected chi connectivity index (χ0v) is 10.6. The Balaban J connectivity index is 2.62. The number of rotatable bonds is 1. The van der Waals surface area contributed by atoms with E-state index in [9.17, 15) is 0 Å². The largest absolute Gasteiger partial charge is 0.221 e. The van der Waals surface area contributed by atoms with Gasteiger partial charge in [0.15, 0.2) is 5.82 Å². The average molecular weight is 257 g/mol. The first-order valence-electron chi connectivity index (χ1n) is 4.72. The maximum Gasteiger partial charge on any atom is 0.158 e. The van der Waals surface area contributed by atoms with Crippen LogP contribution in [0.15, 0.2) is 6.07 Å². The van der Waals surface area contributed by atoms with Crippen molar-refractivity contribution in [1.29, 1.82) is 0 Å². The maximum absolute atomic E-state index is 6.07. The fraction of sp³-hybridized carbons (Fsp3) is 0.300. The molecule has 0 radical (unpaired) electrons. The molecule has 0 atom stereocenters. The van der Waals surface area contributed by atoms with E-state index in [1.807, 2.05) is 13.8 Å². The molecule has 2 aromatic rings. The Morgan fingerprint density at radius 3 is 2.31 bits per heavy atom. The van der Waals surface area contributed by atoms with E-state index in [0.717, 1.165) is 11.4 Å². The molecule has 84 valence electrons. The van der Waals surface area contributed by atoms with Crippen molar-refractivity contribution in [1.82, 2.24) is 19.7 Å². The van der Waals surface area contributed by atoms with E-state index in [1.54, 1.807) is 17.7 Å². The van der Waals surface area contributed by atoms with Crippen molar-refractivity contribution in [2.24, 2.45) is 0 Å². The zero-order chi connectivity index (χ0) is 11.9. The molecule has 6 heteroatoms. The molecule has 4 nitrogen and oxygen atoms in total. The molecule has 2 rings (SSSR count). The van der Waals surface area contributed by atoms with Gasteiger partial charge in [0, 0.05) is 6.07 Å². The first kappa shape index (κ1) is 11.4. The molecule has 0 unspecified atom stereocenters. The van der Waals surface area contributed by atoms with Crippen molar-refractivity contribution in [3.05, 3.63) is 33.5 Å². The normalized spacial score (nSPS) is 10.8. The van der Waals surface area contributed by atoms with E-state index in [0.29, 0.717) is 21.8 Å². The summed E-state index contributed by atoms with van der Waals surface area (Å²) in [6, 6.07) is 1.66. The molecule has 2 heterocycles. The molecule has 0 aliphatic carbocycles. The van der Waals surface area contributed by atoms with Crippen molar-refractivity contribution in [3.8, 4) is 5.82 Å². The summed E-state index contributed by atoms with van der Waals surface area (Å²) in [5.41, 5.74) is 1.61. The third-order valence-corrected chi connectivity index (χ3v) is 2.95. The third-order valence-electron chi connectivity index (χ3n) is 2.21. The van der Waals surface area contributed by atoms with Crippen LogP contribution in [-0.2, 0) is 0 Å². The van der Waals surface area contributed by atoms with Gasteiger partial charge >= 0.3 is 0 Å². The Kier molecular flexibility index (Phi) is 2.86. The highest BCUT2D eigenvalue weighted by Gasteiger charge is 2.12. The Bertz CT molecular complexity index is 528. The summed E-state index contributed by atoms with van der Waals surface area (Å²) in [4.78, 5) is 8.26. The van der Waals surface area contributed by atoms with Gasteiger partial charge < -0.3 is 0 Å². The lowest BCUT2D eigenvalue weighted by Crippen LogP contribution is -2.04. The van der Waals surface area contributed by atoms with Gasteiger partial charge in [0.2, 0.25) is 0 Å². The van der Waals surface area contributed by atoms with Gasteiger partial charge in [-0.15, -0.1) is 0 Å². The summed E-state index contributed by atoms with van der Waals surface area (Å²) in [5, 5.41) is 5.34. The zero-order valence-electron chi connectivity index (χ0n) is 9.12. The minimum absolute atomic E-state index is 0.395. The van der Waals surface area contributed by atoms with Crippen LogP contribution < -0.4 is 0 Å². The quantitative estimate of drug-likeness (QED) is 0.738. The Morgan fingerprint density at radius 1 is 1.12 bits per heavy atom. The van der Waals surface area contributed by atoms with Crippen LogP contribution in [0.3, 0.4) is 0 Å². The lowest BCUT2D eigenvalue weighted by molar-refractivity contribution is 0.793. The van der Waals surface area contributed by atoms with Gasteiger partial charge in [-0.2, -0.15) is 5.10 Å². The van der Waals surface area contributed by atoms with Crippen LogP contribution in [0.1, 0.15) is 17.2 Å². The molecule has 0 spiro atoms. The molecule has 0 bridgehead atoms. The summed E-state index contributed by atoms with van der Waals surface area (Å²) in [6.07, 6.45) is 0. The molecule has 0 amide bonds. The second-order valence-electron chi connectivity index (χ2n) is 3.49. The van der Waals surface area contributed by atoms with Gasteiger partial charge in [-0.1, -0.05) is 23.2 Å². The number of aromatic nitrogens is 4. The minimum atomic E-state index is 0.395. The van der Waals surface area contributed by atoms with Crippen molar-refractivity contribution in [3.63, 3.8) is 0 Å². The summed E-state index contributed by atoms with van der Waals surface area (Å²) < 4.78 is 1.66. The lowest BCUT2D eigenvalue weighted by Gasteiger charge is -2.04. The summed E-state index contributed by atoms with van der Waals surface area (Å²) >= 11 is 11.9. The lowest BCUT2D eigenvalue weighted by atomic mass is 10.4. The van der Waals surface area contributed by atoms with Crippen molar-refractivity contribution in [2.45, 2.75) is 20.8 Å². The van der Waals surface area contributed by atoms with Gasteiger partial charge in [-0.3, -0.25) is 0 Å². The van der Waals surface area contributed by atoms with Crippen LogP contribution in [-0.4, -0.2) is 19.7 Å². The standard InChI is InChI=1S/C10H10Cl2N4/c1-5-10(12)6(2)16(15-5)9-4-8(11)13-7(3)14-9/h4H,1-3H3. The Morgan fingerprint density at radius 2 is 1.81 bits per heavy atom. The van der Waals surface area contributed by atoms with E-state index in [-0.39, 0.29) is 0 Å². The molecule has 0 aliphatic rings. The highest BCUT2D eigenvalue weighted by atomic mass is 35.5. The first-order valence-corrected chi connectivity index (χ1v) is 5.48. The molecule has 0 aliphatic heterocycles. The first-order chi connectivity index (χ1) is 7.49. The number of hydrogen-bond donors (Lipinski definition) is 0. The highest BCUT2D eigenvalue weighted by Crippen LogP contribution is 2.22. The summed E-state index contributed by atoms with van der Waals surface area (Å²) in [5.74, 6) is 1.23. The van der Waals surface area contributed by atoms with E-state index in [2.05, 4.69) is 15.1 Å². The Labute approximate surface area is 103 Å². The summed E-state index contributed by atoms with van der Waals surface area (Å²) in [6.45, 7) is 5.51. The van der Waals surface area contributed by atoms with Gasteiger partial charge in [-0.25, -0.2) is 14.6 Å². The second-order valence-corrected chi connectivity index (χ2v) is 4.26. The number of halogens is 2. The number of nitrogens with zero attached hydrogens (tertiary/aromatic N) is 4. The third kappa shape index (κ3) is 1.90. The van der Waals surface area contributed by atoms with Crippen molar-refractivity contribution >= 4 is 23.2 Å². The van der Waals surface area contributed by atoms with E-state index in [1.165, 1.54) is 0 Å². The molecule has 0 saturated heterocycles. The van der Waals surface area contributed by atoms with Crippen LogP contribution in [0, 0.1) is 20.8 Å². The van der Waals surface area contributed by atoms with Gasteiger partial charge in [0.1, 0.15) is 11.0 Å². The van der Waals surface area contributed by atoms with E-state index in [4.69, 9.17) is 23.2 Å². The second kappa shape index (κ2) is 4.03. The number of hydrogen-bond acceptors (Lipinski definition) is 3. The van der Waals surface area contributed by atoms with Gasteiger partial charge in [0.05, 0.1) is 16.4 Å². The molecule has 0 N–H and O–H groups in total. The van der Waals surface area contributed by atoms with Crippen LogP contribution in [0.5, 0.6) is 0 Å². The molecule has 0 fully saturated rings. The molecule has 0 aromatic carbocycles. The fourth-order valence-electron chi connectivity index (χ4n) is 1.47. The van der Waals surface area contributed by atoms with Crippen LogP contribution in [0.4, 0.5) is 0 Å². The molecule has 16 heavy (non-hydrogen) atoms. The monoisotopic (exact) mass is 256 g/mol. The predicted molar refractivity (Wildman–Crippen MR) is 63.4 cm³/mol. The molecular formula is C10H10Cl2N4. The Hall–Kier alpha value is -1.13. The highest BCUT2D eigenvalue weighted by molar-refractivity contribution is 6.31. The van der Waals surface area contributed by atoms with Crippen LogP contribution in [0.2, 0.25) is 10.2 Å². The fourth-order valence-corrected chi connectivity index (χ4v) is 1.81. The summed E-state index contributed by atoms with van der Waals surface area (Å²) in [7, 11) is 0. The molecule has 0 saturated carbocycles. The number of aryl methyl sites for hydroxylation is 2. The van der Waals surface area contributed by atoms with E-state index >= 15 is 0 Å². The van der Waals surface area contributed by atoms with Gasteiger partial charge in [0.25, 0.3) is 0 Å². The maximum atomic E-state index is 6.07.